The molecule has 0 fully saturated rings. The van der Waals surface area contributed by atoms with Crippen molar-refractivity contribution in [3.63, 3.8) is 0 Å². The van der Waals surface area contributed by atoms with Gasteiger partial charge in [0.15, 0.2) is 5.76 Å². The van der Waals surface area contributed by atoms with Crippen LogP contribution in [-0.4, -0.2) is 17.6 Å². The molecule has 0 aliphatic rings. The Kier molecular flexibility index (Phi) is 6.53. The largest absolute Gasteiger partial charge is 0.356 e. The van der Waals surface area contributed by atoms with E-state index in [-0.39, 0.29) is 24.1 Å². The van der Waals surface area contributed by atoms with Crippen molar-refractivity contribution in [3.8, 4) is 11.3 Å². The Morgan fingerprint density at radius 1 is 0.903 bits per heavy atom. The van der Waals surface area contributed by atoms with Crippen LogP contribution < -0.4 is 5.32 Å². The predicted molar refractivity (Wildman–Crippen MR) is 118 cm³/mol. The van der Waals surface area contributed by atoms with Gasteiger partial charge in [0.05, 0.1) is 12.1 Å². The first-order valence-corrected chi connectivity index (χ1v) is 10.3. The molecule has 4 rings (SSSR count). The van der Waals surface area contributed by atoms with Gasteiger partial charge in [-0.1, -0.05) is 65.8 Å². The zero-order chi connectivity index (χ0) is 21.5. The molecular weight excluding hydrogens is 391 g/mol. The molecule has 0 unspecified atom stereocenters. The first-order valence-electron chi connectivity index (χ1n) is 10.3. The van der Waals surface area contributed by atoms with E-state index in [1.165, 1.54) is 23.3 Å². The number of nitrogens with one attached hydrogen (secondary N) is 1. The standard InChI is InChI=1S/C26H23FN2O2/c27-22-13-11-21(12-14-22)25-17-23(29-31-25)18-26(30)28-16-15-24(19-7-3-1-4-8-19)20-9-5-2-6-10-20/h1-14,17,24H,15-16,18H2,(H,28,30). The molecule has 0 atom stereocenters. The van der Waals surface area contributed by atoms with E-state index in [1.54, 1.807) is 18.2 Å². The van der Waals surface area contributed by atoms with Crippen LogP contribution >= 0.6 is 0 Å². The van der Waals surface area contributed by atoms with Crippen molar-refractivity contribution in [3.05, 3.63) is 114 Å². The Hall–Kier alpha value is -3.73. The van der Waals surface area contributed by atoms with E-state index in [0.29, 0.717) is 23.6 Å². The zero-order valence-corrected chi connectivity index (χ0v) is 17.0. The van der Waals surface area contributed by atoms with E-state index in [4.69, 9.17) is 4.52 Å². The molecule has 3 aromatic carbocycles. The highest BCUT2D eigenvalue weighted by atomic mass is 19.1. The molecule has 1 heterocycles. The molecule has 0 bridgehead atoms. The summed E-state index contributed by atoms with van der Waals surface area (Å²) in [7, 11) is 0. The Morgan fingerprint density at radius 2 is 1.52 bits per heavy atom. The fourth-order valence-corrected chi connectivity index (χ4v) is 3.62. The van der Waals surface area contributed by atoms with Crippen molar-refractivity contribution >= 4 is 5.91 Å². The topological polar surface area (TPSA) is 55.1 Å². The summed E-state index contributed by atoms with van der Waals surface area (Å²) in [4.78, 5) is 12.4. The summed E-state index contributed by atoms with van der Waals surface area (Å²) in [5.41, 5.74) is 3.71. The van der Waals surface area contributed by atoms with Gasteiger partial charge in [-0.3, -0.25) is 4.79 Å². The molecule has 0 aliphatic carbocycles. The second-order valence-electron chi connectivity index (χ2n) is 7.38. The minimum Gasteiger partial charge on any atom is -0.356 e. The molecule has 0 aliphatic heterocycles. The second-order valence-corrected chi connectivity index (χ2v) is 7.38. The molecule has 31 heavy (non-hydrogen) atoms. The summed E-state index contributed by atoms with van der Waals surface area (Å²) >= 11 is 0. The van der Waals surface area contributed by atoms with E-state index in [1.807, 2.05) is 36.4 Å². The van der Waals surface area contributed by atoms with Crippen molar-refractivity contribution in [2.75, 3.05) is 6.54 Å². The maximum absolute atomic E-state index is 13.1. The minimum atomic E-state index is -0.313. The van der Waals surface area contributed by atoms with Crippen LogP contribution in [0.2, 0.25) is 0 Å². The van der Waals surface area contributed by atoms with Crippen LogP contribution in [0.1, 0.15) is 29.2 Å². The third-order valence-corrected chi connectivity index (χ3v) is 5.19. The van der Waals surface area contributed by atoms with Gasteiger partial charge >= 0.3 is 0 Å². The first kappa shape index (κ1) is 20.5. The molecular formula is C26H23FN2O2. The molecule has 1 N–H and O–H groups in total. The molecule has 0 radical (unpaired) electrons. The van der Waals surface area contributed by atoms with E-state index in [9.17, 15) is 9.18 Å². The number of benzene rings is 3. The van der Waals surface area contributed by atoms with Crippen molar-refractivity contribution in [1.82, 2.24) is 10.5 Å². The summed E-state index contributed by atoms with van der Waals surface area (Å²) in [5.74, 6) is 0.293. The normalized spacial score (nSPS) is 10.9. The maximum atomic E-state index is 13.1. The van der Waals surface area contributed by atoms with Gasteiger partial charge in [0, 0.05) is 24.1 Å². The third-order valence-electron chi connectivity index (χ3n) is 5.19. The van der Waals surface area contributed by atoms with Gasteiger partial charge in [-0.25, -0.2) is 4.39 Å². The monoisotopic (exact) mass is 414 g/mol. The smallest absolute Gasteiger partial charge is 0.226 e. The van der Waals surface area contributed by atoms with Crippen LogP contribution in [0.3, 0.4) is 0 Å². The summed E-state index contributed by atoms with van der Waals surface area (Å²) in [6.07, 6.45) is 0.922. The van der Waals surface area contributed by atoms with Gasteiger partial charge in [-0.05, 0) is 41.8 Å². The third kappa shape index (κ3) is 5.45. The highest BCUT2D eigenvalue weighted by Gasteiger charge is 2.15. The van der Waals surface area contributed by atoms with Crippen LogP contribution in [-0.2, 0) is 11.2 Å². The lowest BCUT2D eigenvalue weighted by Crippen LogP contribution is -2.27. The molecule has 156 valence electrons. The van der Waals surface area contributed by atoms with Crippen molar-refractivity contribution in [2.24, 2.45) is 0 Å². The van der Waals surface area contributed by atoms with Crippen LogP contribution in [0.25, 0.3) is 11.3 Å². The minimum absolute atomic E-state index is 0.112. The van der Waals surface area contributed by atoms with E-state index in [0.717, 1.165) is 6.42 Å². The number of hydrogen-bond donors (Lipinski definition) is 1. The molecule has 1 amide bonds. The van der Waals surface area contributed by atoms with Gasteiger partial charge < -0.3 is 9.84 Å². The zero-order valence-electron chi connectivity index (χ0n) is 17.0. The van der Waals surface area contributed by atoms with Crippen LogP contribution in [0.5, 0.6) is 0 Å². The number of carbonyl (C=O) groups is 1. The van der Waals surface area contributed by atoms with Crippen LogP contribution in [0.4, 0.5) is 4.39 Å². The van der Waals surface area contributed by atoms with E-state index in [2.05, 4.69) is 34.7 Å². The SMILES string of the molecule is O=C(Cc1cc(-c2ccc(F)cc2)on1)NCCC(c1ccccc1)c1ccccc1. The predicted octanol–water partition coefficient (Wildman–Crippen LogP) is 5.36. The Balaban J connectivity index is 1.34. The first-order chi connectivity index (χ1) is 15.2. The van der Waals surface area contributed by atoms with Gasteiger partial charge in [-0.15, -0.1) is 0 Å². The van der Waals surface area contributed by atoms with Gasteiger partial charge in [0.1, 0.15) is 5.82 Å². The number of hydrogen-bond acceptors (Lipinski definition) is 3. The fraction of sp³-hybridized carbons (Fsp3) is 0.154. The molecule has 0 spiro atoms. The van der Waals surface area contributed by atoms with E-state index < -0.39 is 0 Å². The molecule has 0 saturated heterocycles. The molecule has 4 nitrogen and oxygen atoms in total. The number of amides is 1. The number of rotatable bonds is 8. The van der Waals surface area contributed by atoms with Crippen molar-refractivity contribution in [1.29, 1.82) is 0 Å². The molecule has 0 saturated carbocycles. The lowest BCUT2D eigenvalue weighted by Gasteiger charge is -2.18. The average molecular weight is 414 g/mol. The van der Waals surface area contributed by atoms with E-state index >= 15 is 0 Å². The lowest BCUT2D eigenvalue weighted by molar-refractivity contribution is -0.120. The Labute approximate surface area is 180 Å². The Morgan fingerprint density at radius 3 is 2.13 bits per heavy atom. The lowest BCUT2D eigenvalue weighted by atomic mass is 9.88. The van der Waals surface area contributed by atoms with Crippen LogP contribution in [0, 0.1) is 5.82 Å². The number of aromatic nitrogens is 1. The second kappa shape index (κ2) is 9.85. The quantitative estimate of drug-likeness (QED) is 0.422. The summed E-state index contributed by atoms with van der Waals surface area (Å²) in [5, 5.41) is 6.95. The summed E-state index contributed by atoms with van der Waals surface area (Å²) in [6.45, 7) is 0.552. The number of halogens is 1. The van der Waals surface area contributed by atoms with Crippen molar-refractivity contribution in [2.45, 2.75) is 18.8 Å². The number of carbonyl (C=O) groups excluding carboxylic acids is 1. The van der Waals surface area contributed by atoms with Crippen molar-refractivity contribution < 1.29 is 13.7 Å². The molecule has 1 aromatic heterocycles. The highest BCUT2D eigenvalue weighted by molar-refractivity contribution is 5.78. The summed E-state index contributed by atoms with van der Waals surface area (Å²) < 4.78 is 18.4. The molecule has 4 aromatic rings. The van der Waals surface area contributed by atoms with Gasteiger partial charge in [0.25, 0.3) is 0 Å². The van der Waals surface area contributed by atoms with Crippen LogP contribution in [0.15, 0.2) is 95.5 Å². The average Bonchev–Trinajstić information content (AvgIpc) is 3.27. The summed E-state index contributed by atoms with van der Waals surface area (Å²) in [6, 6.07) is 28.3. The van der Waals surface area contributed by atoms with Gasteiger partial charge in [0.2, 0.25) is 5.91 Å². The Bertz CT molecular complexity index is 1070. The fourth-order valence-electron chi connectivity index (χ4n) is 3.62. The highest BCUT2D eigenvalue weighted by Crippen LogP contribution is 2.27. The van der Waals surface area contributed by atoms with Gasteiger partial charge in [-0.2, -0.15) is 0 Å². The maximum Gasteiger partial charge on any atom is 0.226 e. The molecule has 5 heteroatoms. The number of nitrogens with zero attached hydrogens (tertiary/aromatic N) is 1.